The zero-order valence-corrected chi connectivity index (χ0v) is 15.5. The van der Waals surface area contributed by atoms with Crippen molar-refractivity contribution in [2.75, 3.05) is 19.7 Å². The molecule has 0 spiro atoms. The molecule has 28 heavy (non-hydrogen) atoms. The van der Waals surface area contributed by atoms with Crippen LogP contribution >= 0.6 is 0 Å². The summed E-state index contributed by atoms with van der Waals surface area (Å²) in [5.74, 6) is -0.200. The number of amides is 1. The van der Waals surface area contributed by atoms with Crippen molar-refractivity contribution in [3.8, 4) is 11.5 Å². The van der Waals surface area contributed by atoms with E-state index in [1.165, 1.54) is 6.07 Å². The Morgan fingerprint density at radius 2 is 2.14 bits per heavy atom. The number of aromatic nitrogens is 3. The lowest BCUT2D eigenvalue weighted by Gasteiger charge is -2.22. The van der Waals surface area contributed by atoms with Crippen LogP contribution in [0, 0.1) is 0 Å². The van der Waals surface area contributed by atoms with Gasteiger partial charge in [-0.25, -0.2) is 4.68 Å². The summed E-state index contributed by atoms with van der Waals surface area (Å²) in [4.78, 5) is 12.3. The Bertz CT molecular complexity index is 793. The summed E-state index contributed by atoms with van der Waals surface area (Å²) in [7, 11) is 0. The normalized spacial score (nSPS) is 14.9. The first-order valence-corrected chi connectivity index (χ1v) is 9.18. The number of hydrogen-bond donors (Lipinski definition) is 2. The Morgan fingerprint density at radius 1 is 1.36 bits per heavy atom. The number of hydrogen-bond acceptors (Lipinski definition) is 6. The van der Waals surface area contributed by atoms with Crippen LogP contribution < -0.4 is 20.1 Å². The molecule has 1 aliphatic heterocycles. The fourth-order valence-corrected chi connectivity index (χ4v) is 3.03. The van der Waals surface area contributed by atoms with Crippen molar-refractivity contribution < 1.29 is 23.0 Å². The highest BCUT2D eigenvalue weighted by Gasteiger charge is 2.19. The summed E-state index contributed by atoms with van der Waals surface area (Å²) in [6.07, 6.45) is 3.53. The van der Waals surface area contributed by atoms with Crippen molar-refractivity contribution in [3.05, 3.63) is 35.7 Å². The highest BCUT2D eigenvalue weighted by Crippen LogP contribution is 2.29. The van der Waals surface area contributed by atoms with Gasteiger partial charge in [-0.15, -0.1) is 5.10 Å². The molecule has 3 rings (SSSR count). The predicted molar refractivity (Wildman–Crippen MR) is 96.6 cm³/mol. The molecule has 0 atom stereocenters. The molecule has 1 amide bonds. The van der Waals surface area contributed by atoms with Gasteiger partial charge in [0.1, 0.15) is 0 Å². The Hall–Kier alpha value is -2.75. The first-order valence-electron chi connectivity index (χ1n) is 9.18. The molecule has 0 aliphatic carbocycles. The van der Waals surface area contributed by atoms with Gasteiger partial charge in [-0.3, -0.25) is 4.79 Å². The number of benzene rings is 1. The van der Waals surface area contributed by atoms with Crippen LogP contribution in [-0.2, 0) is 6.54 Å². The standard InChI is InChI=1S/C18H23F2N5O3/c1-2-27-16-9-12(3-4-15(16)28-18(19)20)10-22-17(26)14-11-25(24-23-14)13-5-7-21-8-6-13/h3-4,9,11,13,18,21H,2,5-8,10H2,1H3,(H,22,26). The van der Waals surface area contributed by atoms with Gasteiger partial charge < -0.3 is 20.1 Å². The van der Waals surface area contributed by atoms with Gasteiger partial charge in [-0.2, -0.15) is 8.78 Å². The number of alkyl halides is 2. The molecule has 1 saturated heterocycles. The third-order valence-corrected chi connectivity index (χ3v) is 4.40. The summed E-state index contributed by atoms with van der Waals surface area (Å²) in [6.45, 7) is 1.13. The molecule has 0 radical (unpaired) electrons. The van der Waals surface area contributed by atoms with Crippen LogP contribution in [-0.4, -0.2) is 47.2 Å². The number of nitrogens with one attached hydrogen (secondary N) is 2. The predicted octanol–water partition coefficient (Wildman–Crippen LogP) is 2.13. The van der Waals surface area contributed by atoms with Gasteiger partial charge in [0.05, 0.1) is 18.8 Å². The van der Waals surface area contributed by atoms with Gasteiger partial charge in [0.25, 0.3) is 5.91 Å². The van der Waals surface area contributed by atoms with Crippen molar-refractivity contribution in [1.82, 2.24) is 25.6 Å². The van der Waals surface area contributed by atoms with E-state index < -0.39 is 6.61 Å². The fraction of sp³-hybridized carbons (Fsp3) is 0.500. The van der Waals surface area contributed by atoms with E-state index in [2.05, 4.69) is 25.7 Å². The summed E-state index contributed by atoms with van der Waals surface area (Å²) in [5, 5.41) is 14.0. The number of halogens is 2. The first-order chi connectivity index (χ1) is 13.6. The van der Waals surface area contributed by atoms with Crippen LogP contribution in [0.2, 0.25) is 0 Å². The van der Waals surface area contributed by atoms with Crippen molar-refractivity contribution in [2.45, 2.75) is 39.0 Å². The smallest absolute Gasteiger partial charge is 0.387 e. The number of nitrogens with zero attached hydrogens (tertiary/aromatic N) is 3. The van der Waals surface area contributed by atoms with E-state index in [0.29, 0.717) is 12.2 Å². The summed E-state index contributed by atoms with van der Waals surface area (Å²) < 4.78 is 36.4. The van der Waals surface area contributed by atoms with Crippen LogP contribution in [0.5, 0.6) is 11.5 Å². The quantitative estimate of drug-likeness (QED) is 0.712. The summed E-state index contributed by atoms with van der Waals surface area (Å²) in [5.41, 5.74) is 0.922. The van der Waals surface area contributed by atoms with Gasteiger partial charge >= 0.3 is 6.61 Å². The zero-order valence-electron chi connectivity index (χ0n) is 15.5. The van der Waals surface area contributed by atoms with E-state index in [0.717, 1.165) is 25.9 Å². The van der Waals surface area contributed by atoms with E-state index in [1.54, 1.807) is 29.9 Å². The molecule has 2 heterocycles. The first kappa shape index (κ1) is 20.0. The number of rotatable bonds is 8. The minimum absolute atomic E-state index is 0.0446. The second-order valence-corrected chi connectivity index (χ2v) is 6.34. The molecule has 2 N–H and O–H groups in total. The van der Waals surface area contributed by atoms with E-state index in [-0.39, 0.29) is 35.7 Å². The average molecular weight is 395 g/mol. The lowest BCUT2D eigenvalue weighted by molar-refractivity contribution is -0.0514. The number of piperidine rings is 1. The van der Waals surface area contributed by atoms with Gasteiger partial charge in [0.2, 0.25) is 0 Å². The van der Waals surface area contributed by atoms with Crippen LogP contribution in [0.1, 0.15) is 41.9 Å². The van der Waals surface area contributed by atoms with E-state index in [4.69, 9.17) is 4.74 Å². The second kappa shape index (κ2) is 9.45. The maximum atomic E-state index is 12.5. The molecule has 1 aliphatic rings. The molecule has 1 aromatic carbocycles. The number of carbonyl (C=O) groups is 1. The molecule has 0 bridgehead atoms. The van der Waals surface area contributed by atoms with Crippen molar-refractivity contribution in [3.63, 3.8) is 0 Å². The largest absolute Gasteiger partial charge is 0.490 e. The third-order valence-electron chi connectivity index (χ3n) is 4.40. The lowest BCUT2D eigenvalue weighted by Crippen LogP contribution is -2.29. The lowest BCUT2D eigenvalue weighted by atomic mass is 10.1. The van der Waals surface area contributed by atoms with Crippen LogP contribution in [0.15, 0.2) is 24.4 Å². The van der Waals surface area contributed by atoms with E-state index >= 15 is 0 Å². The average Bonchev–Trinajstić information content (AvgIpc) is 3.19. The molecule has 10 heteroatoms. The van der Waals surface area contributed by atoms with Crippen molar-refractivity contribution in [1.29, 1.82) is 0 Å². The molecular weight excluding hydrogens is 372 g/mol. The molecule has 0 unspecified atom stereocenters. The molecule has 1 aromatic heterocycles. The Kier molecular flexibility index (Phi) is 6.75. The Morgan fingerprint density at radius 3 is 2.86 bits per heavy atom. The highest BCUT2D eigenvalue weighted by atomic mass is 19.3. The maximum Gasteiger partial charge on any atom is 0.387 e. The van der Waals surface area contributed by atoms with Gasteiger partial charge in [-0.05, 0) is 50.6 Å². The zero-order chi connectivity index (χ0) is 19.9. The van der Waals surface area contributed by atoms with Gasteiger partial charge in [-0.1, -0.05) is 11.3 Å². The Labute approximate surface area is 161 Å². The van der Waals surface area contributed by atoms with Crippen molar-refractivity contribution in [2.24, 2.45) is 0 Å². The SMILES string of the molecule is CCOc1cc(CNC(=O)c2cn(C3CCNCC3)nn2)ccc1OC(F)F. The van der Waals surface area contributed by atoms with Gasteiger partial charge in [0, 0.05) is 6.54 Å². The molecule has 152 valence electrons. The molecule has 8 nitrogen and oxygen atoms in total. The number of ether oxygens (including phenoxy) is 2. The fourth-order valence-electron chi connectivity index (χ4n) is 3.03. The molecule has 1 fully saturated rings. The van der Waals surface area contributed by atoms with Crippen LogP contribution in [0.4, 0.5) is 8.78 Å². The second-order valence-electron chi connectivity index (χ2n) is 6.34. The Balaban J connectivity index is 1.61. The van der Waals surface area contributed by atoms with Crippen LogP contribution in [0.25, 0.3) is 0 Å². The number of carbonyl (C=O) groups excluding carboxylic acids is 1. The maximum absolute atomic E-state index is 12.5. The molecule has 2 aromatic rings. The highest BCUT2D eigenvalue weighted by molar-refractivity contribution is 5.91. The van der Waals surface area contributed by atoms with Crippen LogP contribution in [0.3, 0.4) is 0 Å². The summed E-state index contributed by atoms with van der Waals surface area (Å²) >= 11 is 0. The minimum Gasteiger partial charge on any atom is -0.490 e. The van der Waals surface area contributed by atoms with Crippen molar-refractivity contribution >= 4 is 5.91 Å². The van der Waals surface area contributed by atoms with E-state index in [1.807, 2.05) is 0 Å². The summed E-state index contributed by atoms with van der Waals surface area (Å²) in [6, 6.07) is 4.79. The third kappa shape index (κ3) is 5.16. The van der Waals surface area contributed by atoms with Gasteiger partial charge in [0.15, 0.2) is 17.2 Å². The molecule has 0 saturated carbocycles. The monoisotopic (exact) mass is 395 g/mol. The minimum atomic E-state index is -2.94. The van der Waals surface area contributed by atoms with E-state index in [9.17, 15) is 13.6 Å². The topological polar surface area (TPSA) is 90.3 Å². The molecular formula is C18H23F2N5O3.